The Kier molecular flexibility index (Phi) is 5.50. The number of ether oxygens (including phenoxy) is 1. The molecule has 3 rings (SSSR count). The minimum Gasteiger partial charge on any atom is -0.478 e. The number of amides is 1. The summed E-state index contributed by atoms with van der Waals surface area (Å²) in [6.07, 6.45) is 5.61. The fourth-order valence-electron chi connectivity index (χ4n) is 3.52. The Balaban J connectivity index is 1.80. The molecule has 1 heterocycles. The van der Waals surface area contributed by atoms with Crippen LogP contribution < -0.4 is 5.73 Å². The number of nitrogens with zero attached hydrogens (tertiary/aromatic N) is 3. The number of hydrogen-bond donors (Lipinski definition) is 2. The van der Waals surface area contributed by atoms with Crippen LogP contribution in [0.2, 0.25) is 0 Å². The Labute approximate surface area is 150 Å². The maximum absolute atomic E-state index is 11.3. The van der Waals surface area contributed by atoms with Gasteiger partial charge in [0.25, 0.3) is 0 Å². The highest BCUT2D eigenvalue weighted by molar-refractivity contribution is 5.89. The van der Waals surface area contributed by atoms with Crippen LogP contribution in [0, 0.1) is 5.92 Å². The first kappa shape index (κ1) is 17.9. The first-order valence-electron chi connectivity index (χ1n) is 8.72. The Morgan fingerprint density at radius 2 is 2.00 bits per heavy atom. The van der Waals surface area contributed by atoms with Gasteiger partial charge in [0, 0.05) is 5.92 Å². The molecule has 1 aliphatic carbocycles. The highest BCUT2D eigenvalue weighted by atomic mass is 16.6. The number of benzene rings is 1. The number of rotatable bonds is 6. The van der Waals surface area contributed by atoms with Crippen molar-refractivity contribution in [1.29, 1.82) is 0 Å². The van der Waals surface area contributed by atoms with Gasteiger partial charge in [0.05, 0.1) is 18.3 Å². The van der Waals surface area contributed by atoms with E-state index >= 15 is 0 Å². The van der Waals surface area contributed by atoms with E-state index in [1.807, 2.05) is 0 Å². The van der Waals surface area contributed by atoms with E-state index in [0.717, 1.165) is 25.7 Å². The summed E-state index contributed by atoms with van der Waals surface area (Å²) in [7, 11) is 0. The Bertz CT molecular complexity index is 783. The van der Waals surface area contributed by atoms with E-state index in [1.54, 1.807) is 35.1 Å². The number of aromatic carboxylic acids is 1. The van der Waals surface area contributed by atoms with E-state index in [0.29, 0.717) is 11.3 Å². The number of hydrogen-bond acceptors (Lipinski definition) is 5. The van der Waals surface area contributed by atoms with Gasteiger partial charge in [0.1, 0.15) is 5.69 Å². The lowest BCUT2D eigenvalue weighted by Gasteiger charge is -2.27. The first-order valence-corrected chi connectivity index (χ1v) is 8.72. The number of carboxylic acid groups (broad SMARTS) is 1. The zero-order valence-corrected chi connectivity index (χ0v) is 14.4. The first-order chi connectivity index (χ1) is 12.5. The van der Waals surface area contributed by atoms with Crippen molar-refractivity contribution in [3.05, 3.63) is 47.3 Å². The van der Waals surface area contributed by atoms with Crippen molar-refractivity contribution in [3.8, 4) is 0 Å². The zero-order valence-electron chi connectivity index (χ0n) is 14.4. The van der Waals surface area contributed by atoms with E-state index in [-0.39, 0.29) is 18.0 Å². The summed E-state index contributed by atoms with van der Waals surface area (Å²) in [5.74, 6) is -0.814. The fraction of sp³-hybridized carbons (Fsp3) is 0.444. The van der Waals surface area contributed by atoms with Gasteiger partial charge in [-0.2, -0.15) is 0 Å². The highest BCUT2D eigenvalue weighted by Crippen LogP contribution is 2.36. The van der Waals surface area contributed by atoms with Crippen molar-refractivity contribution in [3.63, 3.8) is 0 Å². The fourth-order valence-corrected chi connectivity index (χ4v) is 3.52. The molecule has 1 fully saturated rings. The summed E-state index contributed by atoms with van der Waals surface area (Å²) >= 11 is 0. The second-order valence-electron chi connectivity index (χ2n) is 6.56. The van der Waals surface area contributed by atoms with Crippen LogP contribution in [0.4, 0.5) is 4.79 Å². The summed E-state index contributed by atoms with van der Waals surface area (Å²) < 4.78 is 6.88. The third-order valence-corrected chi connectivity index (χ3v) is 4.75. The lowest BCUT2D eigenvalue weighted by atomic mass is 9.84. The standard InChI is InChI=1S/C18H22N4O4/c19-18(25)26-16(12-6-2-1-3-7-12)15-11-22(21-20-15)10-13-8-4-5-9-14(13)17(23)24/h4-5,8-9,11-12,16H,1-3,6-7,10H2,(H2,19,25)(H,23,24). The minimum absolute atomic E-state index is 0.174. The Hall–Kier alpha value is -2.90. The van der Waals surface area contributed by atoms with Crippen LogP contribution in [0.3, 0.4) is 0 Å². The van der Waals surface area contributed by atoms with Crippen molar-refractivity contribution in [2.75, 3.05) is 0 Å². The van der Waals surface area contributed by atoms with Gasteiger partial charge in [-0.1, -0.05) is 42.7 Å². The number of primary amides is 1. The highest BCUT2D eigenvalue weighted by Gasteiger charge is 2.30. The van der Waals surface area contributed by atoms with E-state index < -0.39 is 18.2 Å². The van der Waals surface area contributed by atoms with Gasteiger partial charge < -0.3 is 15.6 Å². The molecule has 3 N–H and O–H groups in total. The summed E-state index contributed by atoms with van der Waals surface area (Å²) in [6.45, 7) is 0.267. The van der Waals surface area contributed by atoms with Crippen molar-refractivity contribution in [1.82, 2.24) is 15.0 Å². The van der Waals surface area contributed by atoms with E-state index in [4.69, 9.17) is 10.5 Å². The molecule has 0 spiro atoms. The summed E-state index contributed by atoms with van der Waals surface area (Å²) in [6, 6.07) is 6.75. The molecule has 1 aromatic carbocycles. The lowest BCUT2D eigenvalue weighted by molar-refractivity contribution is 0.0506. The number of nitrogens with two attached hydrogens (primary N) is 1. The van der Waals surface area contributed by atoms with Gasteiger partial charge in [-0.25, -0.2) is 14.3 Å². The predicted octanol–water partition coefficient (Wildman–Crippen LogP) is 2.74. The largest absolute Gasteiger partial charge is 0.478 e. The van der Waals surface area contributed by atoms with Gasteiger partial charge >= 0.3 is 12.1 Å². The van der Waals surface area contributed by atoms with Crippen LogP contribution >= 0.6 is 0 Å². The topological polar surface area (TPSA) is 120 Å². The predicted molar refractivity (Wildman–Crippen MR) is 92.5 cm³/mol. The Morgan fingerprint density at radius 1 is 1.27 bits per heavy atom. The molecule has 1 aliphatic rings. The number of aromatic nitrogens is 3. The molecule has 8 nitrogen and oxygen atoms in total. The van der Waals surface area contributed by atoms with Crippen molar-refractivity contribution >= 4 is 12.1 Å². The van der Waals surface area contributed by atoms with Crippen LogP contribution in [0.25, 0.3) is 0 Å². The van der Waals surface area contributed by atoms with Crippen LogP contribution in [-0.2, 0) is 11.3 Å². The van der Waals surface area contributed by atoms with Crippen LogP contribution in [0.1, 0.15) is 59.8 Å². The average Bonchev–Trinajstić information content (AvgIpc) is 3.09. The number of carbonyl (C=O) groups excluding carboxylic acids is 1. The minimum atomic E-state index is -0.988. The second kappa shape index (κ2) is 7.99. The maximum Gasteiger partial charge on any atom is 0.405 e. The van der Waals surface area contributed by atoms with Gasteiger partial charge in [0.15, 0.2) is 6.10 Å². The second-order valence-corrected chi connectivity index (χ2v) is 6.56. The van der Waals surface area contributed by atoms with Gasteiger partial charge in [-0.3, -0.25) is 0 Å². The molecule has 1 aromatic heterocycles. The van der Waals surface area contributed by atoms with Crippen LogP contribution in [0.5, 0.6) is 0 Å². The van der Waals surface area contributed by atoms with Crippen LogP contribution in [0.15, 0.2) is 30.5 Å². The molecule has 26 heavy (non-hydrogen) atoms. The molecular formula is C18H22N4O4. The molecular weight excluding hydrogens is 336 g/mol. The molecule has 8 heteroatoms. The monoisotopic (exact) mass is 358 g/mol. The van der Waals surface area contributed by atoms with E-state index in [1.165, 1.54) is 6.42 Å². The Morgan fingerprint density at radius 3 is 2.69 bits per heavy atom. The molecule has 138 valence electrons. The summed E-state index contributed by atoms with van der Waals surface area (Å²) in [4.78, 5) is 22.7. The number of carboxylic acids is 1. The van der Waals surface area contributed by atoms with Crippen molar-refractivity contribution < 1.29 is 19.4 Å². The van der Waals surface area contributed by atoms with Gasteiger partial charge in [-0.15, -0.1) is 5.10 Å². The molecule has 1 saturated carbocycles. The molecule has 1 atom stereocenters. The summed E-state index contributed by atoms with van der Waals surface area (Å²) in [5, 5.41) is 17.5. The third-order valence-electron chi connectivity index (χ3n) is 4.75. The summed E-state index contributed by atoms with van der Waals surface area (Å²) in [5.41, 5.74) is 6.63. The number of carbonyl (C=O) groups is 2. The van der Waals surface area contributed by atoms with Gasteiger partial charge in [0.2, 0.25) is 0 Å². The molecule has 0 saturated heterocycles. The molecule has 2 aromatic rings. The zero-order chi connectivity index (χ0) is 18.5. The van der Waals surface area contributed by atoms with Crippen LogP contribution in [-0.4, -0.2) is 32.2 Å². The smallest absolute Gasteiger partial charge is 0.405 e. The van der Waals surface area contributed by atoms with Crippen molar-refractivity contribution in [2.24, 2.45) is 11.7 Å². The normalized spacial score (nSPS) is 16.2. The molecule has 0 bridgehead atoms. The third kappa shape index (κ3) is 4.19. The van der Waals surface area contributed by atoms with E-state index in [2.05, 4.69) is 10.3 Å². The molecule has 0 radical (unpaired) electrons. The van der Waals surface area contributed by atoms with E-state index in [9.17, 15) is 14.7 Å². The van der Waals surface area contributed by atoms with Crippen molar-refractivity contribution in [2.45, 2.75) is 44.8 Å². The SMILES string of the molecule is NC(=O)OC(c1cn(Cc2ccccc2C(=O)O)nn1)C1CCCCC1. The molecule has 0 aliphatic heterocycles. The average molecular weight is 358 g/mol. The molecule has 1 amide bonds. The maximum atomic E-state index is 11.3. The lowest BCUT2D eigenvalue weighted by Crippen LogP contribution is -2.25. The van der Waals surface area contributed by atoms with Gasteiger partial charge in [-0.05, 0) is 24.5 Å². The quantitative estimate of drug-likeness (QED) is 0.819. The molecule has 1 unspecified atom stereocenters.